The van der Waals surface area contributed by atoms with E-state index >= 15 is 0 Å². The molecule has 0 heterocycles. The minimum Gasteiger partial charge on any atom is -0.468 e. The molecule has 0 rings (SSSR count). The summed E-state index contributed by atoms with van der Waals surface area (Å²) in [5.41, 5.74) is 0. The van der Waals surface area contributed by atoms with E-state index in [1.165, 1.54) is 63.8 Å². The monoisotopic (exact) mass is 447 g/mol. The number of carbonyl (C=O) groups is 3. The summed E-state index contributed by atoms with van der Waals surface area (Å²) in [5, 5.41) is 12.4. The molecular formula is C22H41NO6S. The second kappa shape index (κ2) is 21.0. The summed E-state index contributed by atoms with van der Waals surface area (Å²) in [7, 11) is 1.27. The van der Waals surface area contributed by atoms with Crippen molar-refractivity contribution in [2.45, 2.75) is 90.1 Å². The molecule has 7 nitrogen and oxygen atoms in total. The van der Waals surface area contributed by atoms with E-state index in [1.54, 1.807) is 0 Å². The lowest BCUT2D eigenvalue weighted by molar-refractivity contribution is -0.145. The van der Waals surface area contributed by atoms with E-state index in [9.17, 15) is 19.5 Å². The van der Waals surface area contributed by atoms with Crippen molar-refractivity contribution < 1.29 is 29.0 Å². The number of ether oxygens (including phenoxy) is 2. The molecule has 0 aromatic rings. The van der Waals surface area contributed by atoms with Crippen LogP contribution in [0.25, 0.3) is 0 Å². The highest BCUT2D eigenvalue weighted by Gasteiger charge is 2.12. The van der Waals surface area contributed by atoms with Crippen LogP contribution in [0, 0.1) is 0 Å². The van der Waals surface area contributed by atoms with Crippen LogP contribution < -0.4 is 5.32 Å². The van der Waals surface area contributed by atoms with E-state index < -0.39 is 12.1 Å². The highest BCUT2D eigenvalue weighted by atomic mass is 32.2. The van der Waals surface area contributed by atoms with Crippen molar-refractivity contribution in [3.8, 4) is 0 Å². The van der Waals surface area contributed by atoms with Gasteiger partial charge < -0.3 is 19.9 Å². The summed E-state index contributed by atoms with van der Waals surface area (Å²) in [5.74, 6) is 0.0816. The van der Waals surface area contributed by atoms with Crippen LogP contribution in [0.3, 0.4) is 0 Å². The van der Waals surface area contributed by atoms with E-state index in [4.69, 9.17) is 4.74 Å². The zero-order valence-corrected chi connectivity index (χ0v) is 19.6. The van der Waals surface area contributed by atoms with Gasteiger partial charge in [-0.2, -0.15) is 11.8 Å². The van der Waals surface area contributed by atoms with E-state index in [0.717, 1.165) is 12.8 Å². The molecule has 0 aliphatic heterocycles. The molecule has 8 heteroatoms. The normalized spacial score (nSPS) is 11.7. The van der Waals surface area contributed by atoms with Gasteiger partial charge in [0.25, 0.3) is 0 Å². The lowest BCUT2D eigenvalue weighted by Gasteiger charge is -2.10. The molecule has 1 unspecified atom stereocenters. The number of aliphatic hydroxyl groups excluding tert-OH is 1. The Morgan fingerprint density at radius 3 is 2.20 bits per heavy atom. The van der Waals surface area contributed by atoms with Crippen molar-refractivity contribution >= 4 is 29.6 Å². The first-order chi connectivity index (χ1) is 14.5. The molecule has 0 aromatic heterocycles. The summed E-state index contributed by atoms with van der Waals surface area (Å²) in [4.78, 5) is 34.1. The Labute approximate surface area is 186 Å². The molecule has 0 saturated heterocycles. The Hall–Kier alpha value is -1.28. The number of amides is 1. The number of nitrogens with one attached hydrogen (secondary N) is 1. The first kappa shape index (κ1) is 28.7. The summed E-state index contributed by atoms with van der Waals surface area (Å²) in [6.07, 6.45) is 11.4. The Morgan fingerprint density at radius 2 is 1.57 bits per heavy atom. The van der Waals surface area contributed by atoms with Gasteiger partial charge in [-0.3, -0.25) is 14.4 Å². The van der Waals surface area contributed by atoms with Gasteiger partial charge in [0.15, 0.2) is 0 Å². The topological polar surface area (TPSA) is 102 Å². The summed E-state index contributed by atoms with van der Waals surface area (Å²) < 4.78 is 9.56. The van der Waals surface area contributed by atoms with Gasteiger partial charge in [-0.1, -0.05) is 64.7 Å². The second-order valence-electron chi connectivity index (χ2n) is 7.41. The number of aliphatic hydroxyl groups is 1. The largest absolute Gasteiger partial charge is 0.468 e. The molecule has 0 aromatic carbocycles. The zero-order valence-electron chi connectivity index (χ0n) is 18.8. The predicted molar refractivity (Wildman–Crippen MR) is 120 cm³/mol. The predicted octanol–water partition coefficient (Wildman–Crippen LogP) is 3.61. The van der Waals surface area contributed by atoms with Gasteiger partial charge in [0.2, 0.25) is 5.91 Å². The number of hydrogen-bond donors (Lipinski definition) is 2. The van der Waals surface area contributed by atoms with Crippen LogP contribution in [0.5, 0.6) is 0 Å². The average molecular weight is 448 g/mol. The van der Waals surface area contributed by atoms with E-state index in [0.29, 0.717) is 17.9 Å². The third kappa shape index (κ3) is 20.0. The van der Waals surface area contributed by atoms with E-state index in [1.807, 2.05) is 0 Å². The Balaban J connectivity index is 3.46. The molecule has 0 fully saturated rings. The van der Waals surface area contributed by atoms with Gasteiger partial charge >= 0.3 is 11.9 Å². The molecule has 0 bridgehead atoms. The molecule has 2 N–H and O–H groups in total. The molecule has 0 aliphatic rings. The SMILES string of the molecule is CCCCCCCCCCCC(O)CC(=O)OCCSCCC(=O)NCC(=O)OC. The van der Waals surface area contributed by atoms with Gasteiger partial charge in [0.05, 0.1) is 19.6 Å². The standard InChI is InChI=1S/C22H41NO6S/c1-3-4-5-6-7-8-9-10-11-12-19(24)17-21(26)29-14-16-30-15-13-20(25)23-18-22(27)28-2/h19,24H,3-18H2,1-2H3,(H,23,25). The summed E-state index contributed by atoms with van der Waals surface area (Å²) >= 11 is 1.49. The van der Waals surface area contributed by atoms with Crippen LogP contribution >= 0.6 is 11.8 Å². The van der Waals surface area contributed by atoms with Crippen molar-refractivity contribution in [2.24, 2.45) is 0 Å². The quantitative estimate of drug-likeness (QED) is 0.217. The maximum atomic E-state index is 11.7. The molecule has 1 amide bonds. The van der Waals surface area contributed by atoms with Crippen LogP contribution in [0.4, 0.5) is 0 Å². The van der Waals surface area contributed by atoms with Gasteiger partial charge in [-0.15, -0.1) is 0 Å². The highest BCUT2D eigenvalue weighted by Crippen LogP contribution is 2.12. The van der Waals surface area contributed by atoms with E-state index in [-0.39, 0.29) is 37.9 Å². The molecule has 30 heavy (non-hydrogen) atoms. The Bertz CT molecular complexity index is 461. The number of hydrogen-bond acceptors (Lipinski definition) is 7. The third-order valence-corrected chi connectivity index (χ3v) is 5.61. The lowest BCUT2D eigenvalue weighted by Crippen LogP contribution is -2.30. The second-order valence-corrected chi connectivity index (χ2v) is 8.64. The van der Waals surface area contributed by atoms with Crippen molar-refractivity contribution in [2.75, 3.05) is 31.8 Å². The first-order valence-corrected chi connectivity index (χ1v) is 12.4. The fourth-order valence-corrected chi connectivity index (χ4v) is 3.59. The zero-order chi connectivity index (χ0) is 22.5. The number of esters is 2. The van der Waals surface area contributed by atoms with Crippen molar-refractivity contribution in [1.82, 2.24) is 5.32 Å². The fourth-order valence-electron chi connectivity index (χ4n) is 2.86. The van der Waals surface area contributed by atoms with E-state index in [2.05, 4.69) is 17.0 Å². The van der Waals surface area contributed by atoms with Crippen molar-refractivity contribution in [1.29, 1.82) is 0 Å². The maximum absolute atomic E-state index is 11.7. The smallest absolute Gasteiger partial charge is 0.325 e. The Kier molecular flexibility index (Phi) is 20.1. The Morgan fingerprint density at radius 1 is 0.933 bits per heavy atom. The van der Waals surface area contributed by atoms with Crippen LogP contribution in [-0.4, -0.2) is 60.8 Å². The van der Waals surface area contributed by atoms with Gasteiger partial charge in [-0.05, 0) is 6.42 Å². The van der Waals surface area contributed by atoms with Crippen LogP contribution in [0.15, 0.2) is 0 Å². The fraction of sp³-hybridized carbons (Fsp3) is 0.864. The molecule has 0 saturated carbocycles. The van der Waals surface area contributed by atoms with Gasteiger partial charge in [0.1, 0.15) is 13.2 Å². The first-order valence-electron chi connectivity index (χ1n) is 11.2. The van der Waals surface area contributed by atoms with Gasteiger partial charge in [0, 0.05) is 17.9 Å². The summed E-state index contributed by atoms with van der Waals surface area (Å²) in [6.45, 7) is 2.36. The number of thioether (sulfide) groups is 1. The van der Waals surface area contributed by atoms with Crippen molar-refractivity contribution in [3.05, 3.63) is 0 Å². The van der Waals surface area contributed by atoms with Crippen molar-refractivity contribution in [3.63, 3.8) is 0 Å². The number of carbonyl (C=O) groups excluding carboxylic acids is 3. The van der Waals surface area contributed by atoms with Crippen LogP contribution in [0.2, 0.25) is 0 Å². The minimum atomic E-state index is -0.631. The lowest BCUT2D eigenvalue weighted by atomic mass is 10.0. The minimum absolute atomic E-state index is 0.0393. The third-order valence-electron chi connectivity index (χ3n) is 4.66. The summed E-state index contributed by atoms with van der Waals surface area (Å²) in [6, 6.07) is 0. The molecule has 1 atom stereocenters. The van der Waals surface area contributed by atoms with Gasteiger partial charge in [-0.25, -0.2) is 0 Å². The molecule has 0 spiro atoms. The molecule has 176 valence electrons. The average Bonchev–Trinajstić information content (AvgIpc) is 2.73. The highest BCUT2D eigenvalue weighted by molar-refractivity contribution is 7.99. The number of unbranched alkanes of at least 4 members (excludes halogenated alkanes) is 8. The maximum Gasteiger partial charge on any atom is 0.325 e. The number of rotatable bonds is 20. The van der Waals surface area contributed by atoms with Crippen LogP contribution in [-0.2, 0) is 23.9 Å². The number of methoxy groups -OCH3 is 1. The molecular weight excluding hydrogens is 406 g/mol. The molecule has 0 aliphatic carbocycles. The molecule has 0 radical (unpaired) electrons. The van der Waals surface area contributed by atoms with Crippen LogP contribution in [0.1, 0.15) is 84.0 Å².